The van der Waals surface area contributed by atoms with Gasteiger partial charge in [0.15, 0.2) is 0 Å². The molecular formula is C12H19N5O2. The number of amides is 1. The molecule has 0 aliphatic carbocycles. The average molecular weight is 265 g/mol. The molecule has 2 rings (SSSR count). The van der Waals surface area contributed by atoms with Gasteiger partial charge in [-0.2, -0.15) is 4.98 Å². The van der Waals surface area contributed by atoms with Crippen molar-refractivity contribution in [2.45, 2.75) is 19.4 Å². The Kier molecular flexibility index (Phi) is 4.51. The first-order chi connectivity index (χ1) is 9.22. The molecule has 7 heteroatoms. The maximum Gasteiger partial charge on any atom is 0.242 e. The second kappa shape index (κ2) is 6.33. The number of anilines is 2. The average Bonchev–Trinajstić information content (AvgIpc) is 2.45. The molecule has 1 aromatic rings. The molecule has 1 saturated heterocycles. The highest BCUT2D eigenvalue weighted by molar-refractivity contribution is 5.83. The second-order valence-corrected chi connectivity index (χ2v) is 4.35. The lowest BCUT2D eigenvalue weighted by Gasteiger charge is -2.34. The highest BCUT2D eigenvalue weighted by Crippen LogP contribution is 2.18. The molecule has 3 N–H and O–H groups in total. The van der Waals surface area contributed by atoms with E-state index in [0.717, 1.165) is 13.0 Å². The smallest absolute Gasteiger partial charge is 0.242 e. The summed E-state index contributed by atoms with van der Waals surface area (Å²) in [7, 11) is 0. The van der Waals surface area contributed by atoms with Crippen LogP contribution in [-0.2, 0) is 9.53 Å². The Hall–Kier alpha value is -1.89. The Morgan fingerprint density at radius 3 is 3.26 bits per heavy atom. The SMILES string of the molecule is CCCNc1nccc(N2CCOCC2C(N)=O)n1. The molecule has 1 atom stereocenters. The number of aromatic nitrogens is 2. The molecule has 0 spiro atoms. The Balaban J connectivity index is 2.16. The van der Waals surface area contributed by atoms with E-state index >= 15 is 0 Å². The molecule has 1 amide bonds. The summed E-state index contributed by atoms with van der Waals surface area (Å²) in [6.07, 6.45) is 2.67. The van der Waals surface area contributed by atoms with Crippen molar-refractivity contribution < 1.29 is 9.53 Å². The van der Waals surface area contributed by atoms with E-state index in [-0.39, 0.29) is 0 Å². The molecule has 0 saturated carbocycles. The summed E-state index contributed by atoms with van der Waals surface area (Å²) in [4.78, 5) is 21.9. The van der Waals surface area contributed by atoms with Gasteiger partial charge >= 0.3 is 0 Å². The maximum atomic E-state index is 11.4. The first-order valence-corrected chi connectivity index (χ1v) is 6.43. The van der Waals surface area contributed by atoms with Gasteiger partial charge in [0.2, 0.25) is 11.9 Å². The van der Waals surface area contributed by atoms with E-state index < -0.39 is 11.9 Å². The zero-order valence-electron chi connectivity index (χ0n) is 11.0. The number of morpholine rings is 1. The molecule has 1 aliphatic heterocycles. The first kappa shape index (κ1) is 13.5. The van der Waals surface area contributed by atoms with Crippen molar-refractivity contribution in [3.63, 3.8) is 0 Å². The fourth-order valence-electron chi connectivity index (χ4n) is 1.94. The van der Waals surface area contributed by atoms with Gasteiger partial charge in [-0.25, -0.2) is 4.98 Å². The second-order valence-electron chi connectivity index (χ2n) is 4.35. The molecule has 0 aromatic carbocycles. The van der Waals surface area contributed by atoms with Crippen LogP contribution in [0.5, 0.6) is 0 Å². The van der Waals surface area contributed by atoms with E-state index in [0.29, 0.717) is 31.5 Å². The summed E-state index contributed by atoms with van der Waals surface area (Å²) in [5.74, 6) is 0.858. The number of ether oxygens (including phenoxy) is 1. The predicted molar refractivity (Wildman–Crippen MR) is 72.0 cm³/mol. The van der Waals surface area contributed by atoms with Crippen molar-refractivity contribution in [3.8, 4) is 0 Å². The largest absolute Gasteiger partial charge is 0.377 e. The lowest BCUT2D eigenvalue weighted by Crippen LogP contribution is -2.53. The van der Waals surface area contributed by atoms with Gasteiger partial charge in [0, 0.05) is 19.3 Å². The minimum absolute atomic E-state index is 0.303. The van der Waals surface area contributed by atoms with Crippen LogP contribution in [0.4, 0.5) is 11.8 Å². The highest BCUT2D eigenvalue weighted by atomic mass is 16.5. The van der Waals surface area contributed by atoms with Crippen LogP contribution in [0.2, 0.25) is 0 Å². The summed E-state index contributed by atoms with van der Waals surface area (Å²) in [6.45, 7) is 4.34. The lowest BCUT2D eigenvalue weighted by molar-refractivity contribution is -0.121. The third-order valence-electron chi connectivity index (χ3n) is 2.93. The van der Waals surface area contributed by atoms with Crippen molar-refractivity contribution in [3.05, 3.63) is 12.3 Å². The van der Waals surface area contributed by atoms with Crippen molar-refractivity contribution >= 4 is 17.7 Å². The predicted octanol–water partition coefficient (Wildman–Crippen LogP) is -0.0110. The van der Waals surface area contributed by atoms with Gasteiger partial charge in [0.1, 0.15) is 11.9 Å². The van der Waals surface area contributed by atoms with Crippen molar-refractivity contribution in [1.82, 2.24) is 9.97 Å². The van der Waals surface area contributed by atoms with E-state index in [9.17, 15) is 4.79 Å². The number of hydrogen-bond acceptors (Lipinski definition) is 6. The zero-order chi connectivity index (χ0) is 13.7. The number of nitrogens with zero attached hydrogens (tertiary/aromatic N) is 3. The minimum atomic E-state index is -0.470. The van der Waals surface area contributed by atoms with Crippen molar-refractivity contribution in [2.24, 2.45) is 5.73 Å². The monoisotopic (exact) mass is 265 g/mol. The van der Waals surface area contributed by atoms with Gasteiger partial charge in [0.05, 0.1) is 13.2 Å². The third kappa shape index (κ3) is 3.31. The van der Waals surface area contributed by atoms with Crippen LogP contribution in [0, 0.1) is 0 Å². The normalized spacial score (nSPS) is 19.2. The number of nitrogens with two attached hydrogens (primary N) is 1. The zero-order valence-corrected chi connectivity index (χ0v) is 11.0. The molecule has 1 fully saturated rings. The molecule has 2 heterocycles. The standard InChI is InChI=1S/C12H19N5O2/c1-2-4-14-12-15-5-3-10(16-12)17-6-7-19-8-9(17)11(13)18/h3,5,9H,2,4,6-8H2,1H3,(H2,13,18)(H,14,15,16). The number of nitrogens with one attached hydrogen (secondary N) is 1. The highest BCUT2D eigenvalue weighted by Gasteiger charge is 2.28. The van der Waals surface area contributed by atoms with Gasteiger partial charge in [-0.15, -0.1) is 0 Å². The van der Waals surface area contributed by atoms with E-state index in [1.807, 2.05) is 4.90 Å². The van der Waals surface area contributed by atoms with Crippen LogP contribution in [0.25, 0.3) is 0 Å². The topological polar surface area (TPSA) is 93.4 Å². The van der Waals surface area contributed by atoms with Crippen molar-refractivity contribution in [2.75, 3.05) is 36.5 Å². The quantitative estimate of drug-likeness (QED) is 0.777. The summed E-state index contributed by atoms with van der Waals surface area (Å²) < 4.78 is 5.29. The van der Waals surface area contributed by atoms with Crippen LogP contribution >= 0.6 is 0 Å². The number of rotatable bonds is 5. The number of carbonyl (C=O) groups excluding carboxylic acids is 1. The summed E-state index contributed by atoms with van der Waals surface area (Å²) in [5, 5.41) is 3.12. The Morgan fingerprint density at radius 2 is 2.53 bits per heavy atom. The van der Waals surface area contributed by atoms with E-state index in [1.54, 1.807) is 12.3 Å². The third-order valence-corrected chi connectivity index (χ3v) is 2.93. The lowest BCUT2D eigenvalue weighted by atomic mass is 10.2. The van der Waals surface area contributed by atoms with E-state index in [2.05, 4.69) is 22.2 Å². The minimum Gasteiger partial charge on any atom is -0.377 e. The van der Waals surface area contributed by atoms with Gasteiger partial charge in [-0.3, -0.25) is 4.79 Å². The van der Waals surface area contributed by atoms with Gasteiger partial charge in [0.25, 0.3) is 0 Å². The molecule has 1 unspecified atom stereocenters. The molecular weight excluding hydrogens is 246 g/mol. The molecule has 1 aliphatic rings. The van der Waals surface area contributed by atoms with Gasteiger partial charge in [-0.1, -0.05) is 6.92 Å². The fraction of sp³-hybridized carbons (Fsp3) is 0.583. The molecule has 7 nitrogen and oxygen atoms in total. The Labute approximate surface area is 112 Å². The van der Waals surface area contributed by atoms with Gasteiger partial charge in [-0.05, 0) is 12.5 Å². The van der Waals surface area contributed by atoms with E-state index in [4.69, 9.17) is 10.5 Å². The molecule has 19 heavy (non-hydrogen) atoms. The first-order valence-electron chi connectivity index (χ1n) is 6.43. The number of hydrogen-bond donors (Lipinski definition) is 2. The molecule has 104 valence electrons. The number of carbonyl (C=O) groups is 1. The fourth-order valence-corrected chi connectivity index (χ4v) is 1.94. The summed E-state index contributed by atoms with van der Waals surface area (Å²) in [5.41, 5.74) is 5.39. The van der Waals surface area contributed by atoms with E-state index in [1.165, 1.54) is 0 Å². The molecule has 1 aromatic heterocycles. The molecule has 0 bridgehead atoms. The van der Waals surface area contributed by atoms with Crippen LogP contribution in [0.1, 0.15) is 13.3 Å². The maximum absolute atomic E-state index is 11.4. The molecule has 0 radical (unpaired) electrons. The summed E-state index contributed by atoms with van der Waals surface area (Å²) in [6, 6.07) is 1.31. The Bertz CT molecular complexity index is 440. The Morgan fingerprint density at radius 1 is 1.68 bits per heavy atom. The van der Waals surface area contributed by atoms with Crippen LogP contribution in [0.3, 0.4) is 0 Å². The number of primary amides is 1. The van der Waals surface area contributed by atoms with Gasteiger partial charge < -0.3 is 20.7 Å². The van der Waals surface area contributed by atoms with Crippen LogP contribution < -0.4 is 16.0 Å². The van der Waals surface area contributed by atoms with Crippen molar-refractivity contribution in [1.29, 1.82) is 0 Å². The van der Waals surface area contributed by atoms with Crippen LogP contribution in [-0.4, -0.2) is 48.2 Å². The summed E-state index contributed by atoms with van der Waals surface area (Å²) >= 11 is 0. The van der Waals surface area contributed by atoms with Crippen LogP contribution in [0.15, 0.2) is 12.3 Å².